The SMILES string of the molecule is Cc1ccc(C(=O)N2CCc3cc(=O)n(C)cc3C2)cc1N1CCNC1=O. The average Bonchev–Trinajstić information content (AvgIpc) is 3.08. The Morgan fingerprint density at radius 3 is 2.67 bits per heavy atom. The molecule has 3 heterocycles. The van der Waals surface area contributed by atoms with Gasteiger partial charge in [0.2, 0.25) is 0 Å². The number of carbonyl (C=O) groups excluding carboxylic acids is 2. The normalized spacial score (nSPS) is 16.3. The fraction of sp³-hybridized carbons (Fsp3) is 0.350. The second kappa shape index (κ2) is 6.57. The second-order valence-corrected chi connectivity index (χ2v) is 7.13. The number of rotatable bonds is 2. The number of fused-ring (bicyclic) bond motifs is 1. The number of urea groups is 1. The van der Waals surface area contributed by atoms with Gasteiger partial charge in [-0.1, -0.05) is 6.07 Å². The van der Waals surface area contributed by atoms with Crippen LogP contribution in [0, 0.1) is 6.92 Å². The molecule has 0 aliphatic carbocycles. The molecule has 27 heavy (non-hydrogen) atoms. The minimum atomic E-state index is -0.129. The highest BCUT2D eigenvalue weighted by atomic mass is 16.2. The number of pyridine rings is 1. The summed E-state index contributed by atoms with van der Waals surface area (Å²) >= 11 is 0. The summed E-state index contributed by atoms with van der Waals surface area (Å²) in [5.74, 6) is -0.0599. The zero-order valence-electron chi connectivity index (χ0n) is 15.5. The van der Waals surface area contributed by atoms with E-state index in [9.17, 15) is 14.4 Å². The zero-order valence-corrected chi connectivity index (χ0v) is 15.5. The fourth-order valence-corrected chi connectivity index (χ4v) is 3.73. The van der Waals surface area contributed by atoms with Crippen molar-refractivity contribution >= 4 is 17.6 Å². The van der Waals surface area contributed by atoms with Gasteiger partial charge in [-0.2, -0.15) is 0 Å². The Morgan fingerprint density at radius 1 is 1.11 bits per heavy atom. The lowest BCUT2D eigenvalue weighted by Crippen LogP contribution is -2.37. The molecule has 1 saturated heterocycles. The molecule has 140 valence electrons. The summed E-state index contributed by atoms with van der Waals surface area (Å²) < 4.78 is 1.54. The lowest BCUT2D eigenvalue weighted by molar-refractivity contribution is 0.0734. The van der Waals surface area contributed by atoms with Crippen LogP contribution in [0.5, 0.6) is 0 Å². The average molecular weight is 366 g/mol. The number of carbonyl (C=O) groups is 2. The molecule has 1 aromatic heterocycles. The number of hydrogen-bond donors (Lipinski definition) is 1. The van der Waals surface area contributed by atoms with Gasteiger partial charge < -0.3 is 14.8 Å². The predicted octanol–water partition coefficient (Wildman–Crippen LogP) is 1.42. The number of aryl methyl sites for hydroxylation is 2. The fourth-order valence-electron chi connectivity index (χ4n) is 3.73. The highest BCUT2D eigenvalue weighted by Gasteiger charge is 2.26. The standard InChI is InChI=1S/C20H22N4O3/c1-13-3-4-15(9-17(13)24-8-6-21-20(24)27)19(26)23-7-5-14-10-18(25)22(2)11-16(14)12-23/h3-4,9-11H,5-8,12H2,1-2H3,(H,21,27). The molecule has 0 radical (unpaired) electrons. The van der Waals surface area contributed by atoms with Gasteiger partial charge in [0.25, 0.3) is 11.5 Å². The molecule has 7 heteroatoms. The van der Waals surface area contributed by atoms with Crippen molar-refractivity contribution in [3.8, 4) is 0 Å². The molecular formula is C20H22N4O3. The van der Waals surface area contributed by atoms with Gasteiger partial charge in [-0.15, -0.1) is 0 Å². The molecule has 7 nitrogen and oxygen atoms in total. The lowest BCUT2D eigenvalue weighted by Gasteiger charge is -2.29. The molecule has 2 aliphatic rings. The van der Waals surface area contributed by atoms with E-state index in [-0.39, 0.29) is 17.5 Å². The van der Waals surface area contributed by atoms with Gasteiger partial charge in [-0.25, -0.2) is 4.79 Å². The van der Waals surface area contributed by atoms with Crippen molar-refractivity contribution in [2.24, 2.45) is 7.05 Å². The van der Waals surface area contributed by atoms with Gasteiger partial charge in [0.15, 0.2) is 0 Å². The number of amides is 3. The van der Waals surface area contributed by atoms with E-state index in [0.717, 1.165) is 22.4 Å². The van der Waals surface area contributed by atoms with E-state index in [1.807, 2.05) is 25.3 Å². The molecule has 1 fully saturated rings. The van der Waals surface area contributed by atoms with Crippen LogP contribution in [0.1, 0.15) is 27.0 Å². The molecule has 0 atom stereocenters. The van der Waals surface area contributed by atoms with Crippen LogP contribution in [0.25, 0.3) is 0 Å². The molecule has 0 spiro atoms. The van der Waals surface area contributed by atoms with E-state index in [4.69, 9.17) is 0 Å². The molecule has 2 aliphatic heterocycles. The number of benzene rings is 1. The van der Waals surface area contributed by atoms with Crippen molar-refractivity contribution in [3.05, 3.63) is 63.1 Å². The van der Waals surface area contributed by atoms with E-state index in [0.29, 0.717) is 38.2 Å². The number of hydrogen-bond acceptors (Lipinski definition) is 3. The Morgan fingerprint density at radius 2 is 1.93 bits per heavy atom. The number of aromatic nitrogens is 1. The molecule has 0 bridgehead atoms. The first-order valence-electron chi connectivity index (χ1n) is 9.08. The van der Waals surface area contributed by atoms with Crippen molar-refractivity contribution in [1.29, 1.82) is 0 Å². The van der Waals surface area contributed by atoms with Crippen molar-refractivity contribution in [2.45, 2.75) is 19.9 Å². The zero-order chi connectivity index (χ0) is 19.1. The summed E-state index contributed by atoms with van der Waals surface area (Å²) in [7, 11) is 1.72. The van der Waals surface area contributed by atoms with Crippen LogP contribution in [-0.4, -0.2) is 41.0 Å². The third-order valence-corrected chi connectivity index (χ3v) is 5.31. The molecule has 0 saturated carbocycles. The van der Waals surface area contributed by atoms with Gasteiger partial charge >= 0.3 is 6.03 Å². The van der Waals surface area contributed by atoms with Crippen LogP contribution < -0.4 is 15.8 Å². The lowest BCUT2D eigenvalue weighted by atomic mass is 10.0. The summed E-state index contributed by atoms with van der Waals surface area (Å²) in [5, 5.41) is 2.79. The maximum absolute atomic E-state index is 13.1. The van der Waals surface area contributed by atoms with Crippen LogP contribution >= 0.6 is 0 Å². The minimum Gasteiger partial charge on any atom is -0.336 e. The number of nitrogens with zero attached hydrogens (tertiary/aromatic N) is 3. The van der Waals surface area contributed by atoms with E-state index in [2.05, 4.69) is 5.32 Å². The molecular weight excluding hydrogens is 344 g/mol. The first-order valence-corrected chi connectivity index (χ1v) is 9.08. The van der Waals surface area contributed by atoms with E-state index in [1.54, 1.807) is 33.5 Å². The Balaban J connectivity index is 1.61. The summed E-state index contributed by atoms with van der Waals surface area (Å²) in [6.07, 6.45) is 2.48. The van der Waals surface area contributed by atoms with Crippen molar-refractivity contribution < 1.29 is 9.59 Å². The minimum absolute atomic E-state index is 0.0272. The highest BCUT2D eigenvalue weighted by molar-refractivity contribution is 5.99. The monoisotopic (exact) mass is 366 g/mol. The third-order valence-electron chi connectivity index (χ3n) is 5.31. The Labute approximate surface area is 157 Å². The topological polar surface area (TPSA) is 74.7 Å². The van der Waals surface area contributed by atoms with Crippen LogP contribution in [0.4, 0.5) is 10.5 Å². The predicted molar refractivity (Wildman–Crippen MR) is 102 cm³/mol. The maximum atomic E-state index is 13.1. The molecule has 1 aromatic carbocycles. The molecule has 0 unspecified atom stereocenters. The van der Waals surface area contributed by atoms with Crippen LogP contribution in [0.3, 0.4) is 0 Å². The van der Waals surface area contributed by atoms with Gasteiger partial charge in [-0.05, 0) is 42.2 Å². The molecule has 3 amide bonds. The summed E-state index contributed by atoms with van der Waals surface area (Å²) in [6, 6.07) is 7.03. The largest absolute Gasteiger partial charge is 0.336 e. The number of anilines is 1. The quantitative estimate of drug-likeness (QED) is 0.874. The summed E-state index contributed by atoms with van der Waals surface area (Å²) in [5.41, 5.74) is 4.30. The van der Waals surface area contributed by atoms with Crippen LogP contribution in [0.2, 0.25) is 0 Å². The third kappa shape index (κ3) is 3.09. The van der Waals surface area contributed by atoms with Crippen molar-refractivity contribution in [2.75, 3.05) is 24.5 Å². The Bertz CT molecular complexity index is 995. The Hall–Kier alpha value is -3.09. The van der Waals surface area contributed by atoms with Gasteiger partial charge in [0, 0.05) is 56.7 Å². The summed E-state index contributed by atoms with van der Waals surface area (Å²) in [4.78, 5) is 40.3. The van der Waals surface area contributed by atoms with Gasteiger partial charge in [0.1, 0.15) is 0 Å². The smallest absolute Gasteiger partial charge is 0.322 e. The van der Waals surface area contributed by atoms with E-state index >= 15 is 0 Å². The summed E-state index contributed by atoms with van der Waals surface area (Å²) in [6.45, 7) is 4.20. The maximum Gasteiger partial charge on any atom is 0.322 e. The first-order chi connectivity index (χ1) is 12.9. The van der Waals surface area contributed by atoms with Gasteiger partial charge in [-0.3, -0.25) is 14.5 Å². The van der Waals surface area contributed by atoms with Crippen molar-refractivity contribution in [1.82, 2.24) is 14.8 Å². The van der Waals surface area contributed by atoms with E-state index < -0.39 is 0 Å². The van der Waals surface area contributed by atoms with Crippen LogP contribution in [0.15, 0.2) is 35.3 Å². The second-order valence-electron chi connectivity index (χ2n) is 7.13. The number of nitrogens with one attached hydrogen (secondary N) is 1. The van der Waals surface area contributed by atoms with E-state index in [1.165, 1.54) is 0 Å². The molecule has 4 rings (SSSR count). The van der Waals surface area contributed by atoms with Crippen molar-refractivity contribution in [3.63, 3.8) is 0 Å². The molecule has 2 aromatic rings. The van der Waals surface area contributed by atoms with Crippen LogP contribution in [-0.2, 0) is 20.0 Å². The highest BCUT2D eigenvalue weighted by Crippen LogP contribution is 2.25. The first kappa shape index (κ1) is 17.3. The molecule has 1 N–H and O–H groups in total. The van der Waals surface area contributed by atoms with Gasteiger partial charge in [0.05, 0.1) is 0 Å². The Kier molecular flexibility index (Phi) is 4.22.